The molecule has 188 valence electrons. The van der Waals surface area contributed by atoms with Crippen molar-refractivity contribution in [2.45, 2.75) is 58.2 Å². The highest BCUT2D eigenvalue weighted by atomic mass is 19.1. The number of halogens is 2. The topological polar surface area (TPSA) is 88.4 Å². The molecule has 0 fully saturated rings. The van der Waals surface area contributed by atoms with Crippen molar-refractivity contribution in [2.75, 3.05) is 24.5 Å². The quantitative estimate of drug-likeness (QED) is 0.448. The number of anilines is 1. The third-order valence-electron chi connectivity index (χ3n) is 6.21. The number of carbonyl (C=O) groups is 1. The monoisotopic (exact) mass is 484 g/mol. The van der Waals surface area contributed by atoms with Gasteiger partial charge in [0.15, 0.2) is 0 Å². The number of amides is 1. The Labute approximate surface area is 205 Å². The molecule has 1 heterocycles. The summed E-state index contributed by atoms with van der Waals surface area (Å²) < 4.78 is 27.3. The van der Waals surface area contributed by atoms with Gasteiger partial charge in [0.05, 0.1) is 18.2 Å². The maximum Gasteiger partial charge on any atom is 0.217 e. The molecular formula is C27H34F2N4O2. The van der Waals surface area contributed by atoms with Gasteiger partial charge in [0.1, 0.15) is 18.2 Å². The van der Waals surface area contributed by atoms with E-state index in [0.29, 0.717) is 24.6 Å². The molecule has 0 saturated carbocycles. The molecule has 0 spiro atoms. The zero-order chi connectivity index (χ0) is 25.5. The van der Waals surface area contributed by atoms with E-state index in [1.165, 1.54) is 24.6 Å². The Morgan fingerprint density at radius 3 is 2.51 bits per heavy atom. The van der Waals surface area contributed by atoms with Crippen LogP contribution >= 0.6 is 0 Å². The second kappa shape index (κ2) is 12.1. The van der Waals surface area contributed by atoms with E-state index in [2.05, 4.69) is 53.6 Å². The number of rotatable bonds is 10. The second-order valence-electron chi connectivity index (χ2n) is 9.68. The molecule has 3 N–H and O–H groups in total. The zero-order valence-corrected chi connectivity index (χ0v) is 20.5. The summed E-state index contributed by atoms with van der Waals surface area (Å²) in [5.74, 6) is -1.23. The van der Waals surface area contributed by atoms with Gasteiger partial charge >= 0.3 is 0 Å². The van der Waals surface area contributed by atoms with E-state index in [9.17, 15) is 23.9 Å². The number of aliphatic hydroxyl groups excluding tert-OH is 1. The molecule has 0 unspecified atom stereocenters. The van der Waals surface area contributed by atoms with Crippen LogP contribution in [-0.2, 0) is 17.6 Å². The highest BCUT2D eigenvalue weighted by Gasteiger charge is 2.28. The molecule has 8 heteroatoms. The lowest BCUT2D eigenvalue weighted by molar-refractivity contribution is -0.120. The van der Waals surface area contributed by atoms with Crippen molar-refractivity contribution in [1.29, 1.82) is 5.26 Å². The van der Waals surface area contributed by atoms with Crippen LogP contribution in [0.15, 0.2) is 36.4 Å². The van der Waals surface area contributed by atoms with E-state index in [4.69, 9.17) is 0 Å². The maximum absolute atomic E-state index is 13.6. The molecule has 0 radical (unpaired) electrons. The Kier molecular flexibility index (Phi) is 9.19. The Hall–Kier alpha value is -3.02. The van der Waals surface area contributed by atoms with Crippen molar-refractivity contribution in [1.82, 2.24) is 10.6 Å². The van der Waals surface area contributed by atoms with Gasteiger partial charge in [0, 0.05) is 37.8 Å². The van der Waals surface area contributed by atoms with Crippen LogP contribution < -0.4 is 15.5 Å². The molecule has 1 amide bonds. The minimum atomic E-state index is -0.982. The van der Waals surface area contributed by atoms with Gasteiger partial charge in [0.2, 0.25) is 5.91 Å². The number of aliphatic hydroxyl groups is 1. The summed E-state index contributed by atoms with van der Waals surface area (Å²) in [6, 6.07) is 11.0. The number of hydrogen-bond donors (Lipinski definition) is 3. The van der Waals surface area contributed by atoms with Crippen molar-refractivity contribution in [3.63, 3.8) is 0 Å². The summed E-state index contributed by atoms with van der Waals surface area (Å²) in [7, 11) is 0. The molecule has 6 nitrogen and oxygen atoms in total. The van der Waals surface area contributed by atoms with E-state index in [1.807, 2.05) is 0 Å². The second-order valence-corrected chi connectivity index (χ2v) is 9.68. The molecule has 2 aromatic rings. The first-order chi connectivity index (χ1) is 16.7. The van der Waals surface area contributed by atoms with Gasteiger partial charge in [-0.25, -0.2) is 8.78 Å². The Morgan fingerprint density at radius 2 is 1.89 bits per heavy atom. The van der Waals surface area contributed by atoms with Gasteiger partial charge in [-0.2, -0.15) is 5.26 Å². The lowest BCUT2D eigenvalue weighted by Gasteiger charge is -2.36. The van der Waals surface area contributed by atoms with E-state index < -0.39 is 23.8 Å². The first kappa shape index (κ1) is 26.6. The van der Waals surface area contributed by atoms with Crippen LogP contribution in [-0.4, -0.2) is 42.8 Å². The summed E-state index contributed by atoms with van der Waals surface area (Å²) in [4.78, 5) is 13.8. The summed E-state index contributed by atoms with van der Waals surface area (Å²) >= 11 is 0. The van der Waals surface area contributed by atoms with Crippen LogP contribution in [0.3, 0.4) is 0 Å². The maximum atomic E-state index is 13.6. The molecule has 0 aromatic heterocycles. The number of fused-ring (bicyclic) bond motifs is 1. The molecule has 3 atom stereocenters. The smallest absolute Gasteiger partial charge is 0.217 e. The Bertz CT molecular complexity index is 1050. The largest absolute Gasteiger partial charge is 0.390 e. The summed E-state index contributed by atoms with van der Waals surface area (Å²) in [5, 5.41) is 26.3. The Balaban J connectivity index is 1.76. The normalized spacial score (nSPS) is 17.0. The number of carbonyl (C=O) groups excluding carboxylic acids is 1. The fourth-order valence-electron chi connectivity index (χ4n) is 4.72. The van der Waals surface area contributed by atoms with Crippen LogP contribution in [0.5, 0.6) is 0 Å². The third-order valence-corrected chi connectivity index (χ3v) is 6.21. The van der Waals surface area contributed by atoms with Crippen molar-refractivity contribution < 1.29 is 18.7 Å². The minimum Gasteiger partial charge on any atom is -0.390 e. The average Bonchev–Trinajstić information content (AvgIpc) is 2.76. The molecule has 1 aliphatic heterocycles. The molecule has 3 rings (SSSR count). The first-order valence-corrected chi connectivity index (χ1v) is 12.0. The predicted molar refractivity (Wildman–Crippen MR) is 132 cm³/mol. The molecular weight excluding hydrogens is 450 g/mol. The molecule has 35 heavy (non-hydrogen) atoms. The highest BCUT2D eigenvalue weighted by molar-refractivity contribution is 5.73. The zero-order valence-electron chi connectivity index (χ0n) is 20.5. The van der Waals surface area contributed by atoms with Crippen LogP contribution in [0, 0.1) is 28.9 Å². The summed E-state index contributed by atoms with van der Waals surface area (Å²) in [5.41, 5.74) is 3.66. The van der Waals surface area contributed by atoms with Gasteiger partial charge in [-0.15, -0.1) is 0 Å². The highest BCUT2D eigenvalue weighted by Crippen LogP contribution is 2.35. The lowest BCUT2D eigenvalue weighted by Crippen LogP contribution is -2.49. The molecule has 0 saturated heterocycles. The van der Waals surface area contributed by atoms with Crippen LogP contribution in [0.1, 0.15) is 49.9 Å². The minimum absolute atomic E-state index is 0.0358. The van der Waals surface area contributed by atoms with Crippen molar-refractivity contribution in [2.24, 2.45) is 5.92 Å². The number of nitrogens with zero attached hydrogens (tertiary/aromatic N) is 2. The number of hydrogen-bond acceptors (Lipinski definition) is 5. The summed E-state index contributed by atoms with van der Waals surface area (Å²) in [6.07, 6.45) is 0.805. The van der Waals surface area contributed by atoms with Crippen LogP contribution in [0.2, 0.25) is 0 Å². The number of benzene rings is 2. The average molecular weight is 485 g/mol. The molecule has 2 aromatic carbocycles. The first-order valence-electron chi connectivity index (χ1n) is 12.0. The Morgan fingerprint density at radius 1 is 1.17 bits per heavy atom. The number of nitriles is 1. The molecule has 0 aliphatic carbocycles. The van der Waals surface area contributed by atoms with Gasteiger partial charge < -0.3 is 20.6 Å². The van der Waals surface area contributed by atoms with Gasteiger partial charge in [0.25, 0.3) is 0 Å². The van der Waals surface area contributed by atoms with E-state index in [1.54, 1.807) is 0 Å². The van der Waals surface area contributed by atoms with Crippen LogP contribution in [0.25, 0.3) is 0 Å². The van der Waals surface area contributed by atoms with Crippen LogP contribution in [0.4, 0.5) is 14.5 Å². The van der Waals surface area contributed by atoms with Crippen molar-refractivity contribution >= 4 is 11.6 Å². The number of nitrogens with one attached hydrogen (secondary N) is 2. The van der Waals surface area contributed by atoms with Gasteiger partial charge in [-0.1, -0.05) is 26.0 Å². The van der Waals surface area contributed by atoms with Crippen molar-refractivity contribution in [3.8, 4) is 6.07 Å². The fourth-order valence-corrected chi connectivity index (χ4v) is 4.72. The van der Waals surface area contributed by atoms with Crippen molar-refractivity contribution in [3.05, 3.63) is 64.7 Å². The summed E-state index contributed by atoms with van der Waals surface area (Å²) in [6.45, 7) is 6.87. The van der Waals surface area contributed by atoms with Gasteiger partial charge in [-0.05, 0) is 60.1 Å². The SMILES string of the molecule is CC(=O)N[C@@H](Cc1cc(F)cc(F)c1)[C@H](O)CN[C@H]1CCN(CC#N)c2ccc(CC(C)C)cc21. The van der Waals surface area contributed by atoms with E-state index >= 15 is 0 Å². The lowest BCUT2D eigenvalue weighted by atomic mass is 9.91. The standard InChI is InChI=1S/C27H34F2N4O2/c1-17(2)10-19-4-5-26-23(13-19)24(6-8-33(26)9-7-30)31-16-27(35)25(32-18(3)34)14-20-11-21(28)15-22(29)12-20/h4-5,11-13,15,17,24-25,27,31,35H,6,8-10,14,16H2,1-3H3,(H,32,34)/t24-,25-,27+/m0/s1. The predicted octanol–water partition coefficient (Wildman–Crippen LogP) is 3.64. The van der Waals surface area contributed by atoms with Gasteiger partial charge in [-0.3, -0.25) is 4.79 Å². The molecule has 0 bridgehead atoms. The van der Waals surface area contributed by atoms with E-state index in [0.717, 1.165) is 30.2 Å². The fraction of sp³-hybridized carbons (Fsp3) is 0.481. The third kappa shape index (κ3) is 7.48. The van der Waals surface area contributed by atoms with E-state index in [-0.39, 0.29) is 24.9 Å². The molecule has 1 aliphatic rings.